The molecule has 142 valence electrons. The molecule has 8 heteroatoms. The van der Waals surface area contributed by atoms with Crippen LogP contribution >= 0.6 is 0 Å². The molecule has 2 saturated heterocycles. The third kappa shape index (κ3) is 2.05. The molecular weight excluding hydrogens is 373 g/mol. The third-order valence-corrected chi connectivity index (χ3v) is 5.92. The maximum atomic E-state index is 13.5. The van der Waals surface area contributed by atoms with E-state index in [2.05, 4.69) is 4.98 Å². The van der Waals surface area contributed by atoms with E-state index in [9.17, 15) is 20.2 Å². The van der Waals surface area contributed by atoms with Crippen LogP contribution in [-0.2, 0) is 15.3 Å². The van der Waals surface area contributed by atoms with E-state index < -0.39 is 40.4 Å². The normalized spacial score (nSPS) is 31.8. The van der Waals surface area contributed by atoms with Gasteiger partial charge in [0.25, 0.3) is 0 Å². The number of fused-ring (bicyclic) bond motifs is 2. The van der Waals surface area contributed by atoms with Crippen molar-refractivity contribution in [3.63, 3.8) is 0 Å². The van der Waals surface area contributed by atoms with E-state index in [1.165, 1.54) is 36.7 Å². The van der Waals surface area contributed by atoms with Crippen molar-refractivity contribution in [3.8, 4) is 18.2 Å². The monoisotopic (exact) mass is 387 g/mol. The highest BCUT2D eigenvalue weighted by Crippen LogP contribution is 2.68. The minimum absolute atomic E-state index is 0.386. The first-order valence-corrected chi connectivity index (χ1v) is 8.77. The van der Waals surface area contributed by atoms with E-state index in [0.717, 1.165) is 0 Å². The van der Waals surface area contributed by atoms with Crippen LogP contribution in [0.25, 0.3) is 0 Å². The Morgan fingerprint density at radius 1 is 1.03 bits per heavy atom. The van der Waals surface area contributed by atoms with Gasteiger partial charge in [-0.1, -0.05) is 6.92 Å². The average Bonchev–Trinajstić information content (AvgIpc) is 2.91. The van der Waals surface area contributed by atoms with Crippen LogP contribution in [-0.4, -0.2) is 10.9 Å². The highest BCUT2D eigenvalue weighted by molar-refractivity contribution is 5.89. The smallest absolute Gasteiger partial charge is 0.244 e. The van der Waals surface area contributed by atoms with Crippen LogP contribution in [0.1, 0.15) is 24.2 Å². The van der Waals surface area contributed by atoms with Crippen molar-refractivity contribution >= 4 is 5.90 Å². The van der Waals surface area contributed by atoms with Crippen molar-refractivity contribution in [1.82, 2.24) is 4.98 Å². The van der Waals surface area contributed by atoms with Crippen LogP contribution in [0.2, 0.25) is 0 Å². The molecule has 3 heterocycles. The van der Waals surface area contributed by atoms with Gasteiger partial charge in [-0.15, -0.1) is 0 Å². The Bertz CT molecular complexity index is 1100. The van der Waals surface area contributed by atoms with Gasteiger partial charge >= 0.3 is 0 Å². The van der Waals surface area contributed by atoms with Crippen LogP contribution in [0.4, 0.5) is 4.39 Å². The Morgan fingerprint density at radius 2 is 1.66 bits per heavy atom. The maximum absolute atomic E-state index is 13.5. The molecule has 2 aliphatic rings. The molecule has 2 aliphatic heterocycles. The summed E-state index contributed by atoms with van der Waals surface area (Å²) in [4.78, 5) is 3.94. The van der Waals surface area contributed by atoms with Gasteiger partial charge in [0.2, 0.25) is 17.1 Å². The molecule has 0 radical (unpaired) electrons. The quantitative estimate of drug-likeness (QED) is 0.842. The fourth-order valence-corrected chi connectivity index (χ4v) is 4.39. The highest BCUT2D eigenvalue weighted by atomic mass is 19.1. The summed E-state index contributed by atoms with van der Waals surface area (Å²) < 4.78 is 25.6. The van der Waals surface area contributed by atoms with Crippen molar-refractivity contribution in [2.24, 2.45) is 16.7 Å². The van der Waals surface area contributed by atoms with Gasteiger partial charge in [-0.2, -0.15) is 15.8 Å². The first-order chi connectivity index (χ1) is 13.9. The second-order valence-electron chi connectivity index (χ2n) is 7.06. The van der Waals surface area contributed by atoms with Crippen molar-refractivity contribution in [3.05, 3.63) is 65.7 Å². The summed E-state index contributed by atoms with van der Waals surface area (Å²) in [6, 6.07) is 14.5. The van der Waals surface area contributed by atoms with Gasteiger partial charge in [-0.3, -0.25) is 10.4 Å². The lowest BCUT2D eigenvalue weighted by Crippen LogP contribution is -2.57. The Balaban J connectivity index is 2.04. The zero-order chi connectivity index (χ0) is 20.9. The zero-order valence-electron chi connectivity index (χ0n) is 15.3. The molecule has 4 atom stereocenters. The molecule has 29 heavy (non-hydrogen) atoms. The number of halogens is 1. The molecule has 2 aromatic rings. The van der Waals surface area contributed by atoms with E-state index >= 15 is 0 Å². The predicted octanol–water partition coefficient (Wildman–Crippen LogP) is 3.33. The van der Waals surface area contributed by atoms with Gasteiger partial charge < -0.3 is 9.47 Å². The summed E-state index contributed by atoms with van der Waals surface area (Å²) in [6.45, 7) is 1.60. The molecule has 2 bridgehead atoms. The van der Waals surface area contributed by atoms with Crippen LogP contribution in [0.5, 0.6) is 0 Å². The largest absolute Gasteiger partial charge is 0.443 e. The van der Waals surface area contributed by atoms with Gasteiger partial charge in [0.1, 0.15) is 11.9 Å². The Labute approximate surface area is 166 Å². The first-order valence-electron chi connectivity index (χ1n) is 8.77. The van der Waals surface area contributed by atoms with E-state index in [1.54, 1.807) is 19.1 Å². The van der Waals surface area contributed by atoms with Crippen molar-refractivity contribution in [2.45, 2.75) is 18.8 Å². The molecule has 4 unspecified atom stereocenters. The number of rotatable bonds is 2. The fourth-order valence-electron chi connectivity index (χ4n) is 4.39. The van der Waals surface area contributed by atoms with Gasteiger partial charge in [0, 0.05) is 18.0 Å². The van der Waals surface area contributed by atoms with E-state index in [1.807, 2.05) is 18.2 Å². The molecule has 1 aromatic carbocycles. The number of nitrogens with zero attached hydrogens (tertiary/aromatic N) is 4. The molecule has 2 fully saturated rings. The molecule has 0 aliphatic carbocycles. The second-order valence-corrected chi connectivity index (χ2v) is 7.06. The number of benzene rings is 1. The average molecular weight is 387 g/mol. The summed E-state index contributed by atoms with van der Waals surface area (Å²) in [5, 5.41) is 38.8. The topological polar surface area (TPSA) is 127 Å². The molecular formula is C21H14FN5O2. The summed E-state index contributed by atoms with van der Waals surface area (Å²) in [6.07, 6.45) is 1.76. The number of ether oxygens (including phenoxy) is 2. The highest BCUT2D eigenvalue weighted by Gasteiger charge is 2.79. The molecule has 1 aromatic heterocycles. The zero-order valence-corrected chi connectivity index (χ0v) is 15.3. The summed E-state index contributed by atoms with van der Waals surface area (Å²) in [7, 11) is 0. The summed E-state index contributed by atoms with van der Waals surface area (Å²) in [5.41, 5.74) is -3.10. The van der Waals surface area contributed by atoms with Crippen LogP contribution < -0.4 is 0 Å². The number of nitrogens with one attached hydrogen (secondary N) is 1. The Kier molecular flexibility index (Phi) is 3.91. The number of nitriles is 3. The predicted molar refractivity (Wildman–Crippen MR) is 95.8 cm³/mol. The van der Waals surface area contributed by atoms with Gasteiger partial charge in [-0.05, 0) is 42.0 Å². The molecule has 7 nitrogen and oxygen atoms in total. The summed E-state index contributed by atoms with van der Waals surface area (Å²) >= 11 is 0. The van der Waals surface area contributed by atoms with Crippen LogP contribution in [0, 0.1) is 62.0 Å². The second kappa shape index (κ2) is 6.10. The van der Waals surface area contributed by atoms with Gasteiger partial charge in [0.15, 0.2) is 5.41 Å². The number of hydrogen-bond acceptors (Lipinski definition) is 7. The van der Waals surface area contributed by atoms with Gasteiger partial charge in [0.05, 0.1) is 24.1 Å². The maximum Gasteiger partial charge on any atom is 0.244 e. The minimum Gasteiger partial charge on any atom is -0.443 e. The van der Waals surface area contributed by atoms with Gasteiger partial charge in [-0.25, -0.2) is 4.39 Å². The third-order valence-electron chi connectivity index (χ3n) is 5.92. The number of hydrogen-bond donors (Lipinski definition) is 1. The molecule has 0 amide bonds. The molecule has 1 N–H and O–H groups in total. The lowest BCUT2D eigenvalue weighted by atomic mass is 9.53. The van der Waals surface area contributed by atoms with Crippen LogP contribution in [0.3, 0.4) is 0 Å². The van der Waals surface area contributed by atoms with Crippen molar-refractivity contribution < 1.29 is 13.9 Å². The summed E-state index contributed by atoms with van der Waals surface area (Å²) in [5.74, 6) is -3.51. The SMILES string of the molecule is CC1C2(c3ccc(F)cc3)OC(=N)C1(C#N)C(C#N)(C#N)C(c1ccncc1)O2. The first kappa shape index (κ1) is 18.6. The Morgan fingerprint density at radius 3 is 2.21 bits per heavy atom. The minimum atomic E-state index is -2.04. The lowest BCUT2D eigenvalue weighted by molar-refractivity contribution is -0.288. The van der Waals surface area contributed by atoms with Crippen molar-refractivity contribution in [1.29, 1.82) is 21.2 Å². The fraction of sp³-hybridized carbons (Fsp3) is 0.286. The van der Waals surface area contributed by atoms with E-state index in [0.29, 0.717) is 11.1 Å². The number of pyridine rings is 1. The van der Waals surface area contributed by atoms with E-state index in [-0.39, 0.29) is 0 Å². The molecule has 0 saturated carbocycles. The number of aromatic nitrogens is 1. The molecule has 0 spiro atoms. The standard InChI is InChI=1S/C21H14FN5O2/c1-13-20(12-25)18(26)29-21(13,15-2-4-16(22)5-3-15)28-17(19(20,10-23)11-24)14-6-8-27-9-7-14/h2-9,13,17,26H,1H3. The Hall–Kier alpha value is -3.80. The lowest BCUT2D eigenvalue weighted by Gasteiger charge is -2.48. The van der Waals surface area contributed by atoms with E-state index in [4.69, 9.17) is 14.9 Å². The van der Waals surface area contributed by atoms with Crippen LogP contribution in [0.15, 0.2) is 48.8 Å². The molecule has 4 rings (SSSR count). The van der Waals surface area contributed by atoms with Crippen molar-refractivity contribution in [2.75, 3.05) is 0 Å².